The number of nitrogens with zero attached hydrogens (tertiary/aromatic N) is 1. The van der Waals surface area contributed by atoms with Crippen molar-refractivity contribution < 1.29 is 9.53 Å². The second-order valence-corrected chi connectivity index (χ2v) is 4.34. The Kier molecular flexibility index (Phi) is 3.58. The SMILES string of the molecule is CC1CC(Nc2ccc(C(N)=O)cn2)CCO1. The minimum absolute atomic E-state index is 0.283. The Morgan fingerprint density at radius 1 is 1.59 bits per heavy atom. The van der Waals surface area contributed by atoms with Crippen molar-refractivity contribution in [1.82, 2.24) is 4.98 Å². The first-order valence-corrected chi connectivity index (χ1v) is 5.79. The van der Waals surface area contributed by atoms with E-state index in [-0.39, 0.29) is 6.10 Å². The number of hydrogen-bond acceptors (Lipinski definition) is 4. The van der Waals surface area contributed by atoms with Crippen molar-refractivity contribution in [2.75, 3.05) is 11.9 Å². The highest BCUT2D eigenvalue weighted by Gasteiger charge is 2.19. The van der Waals surface area contributed by atoms with E-state index in [1.807, 2.05) is 0 Å². The van der Waals surface area contributed by atoms with Crippen molar-refractivity contribution >= 4 is 11.7 Å². The summed E-state index contributed by atoms with van der Waals surface area (Å²) < 4.78 is 5.47. The third kappa shape index (κ3) is 3.17. The first-order chi connectivity index (χ1) is 8.15. The van der Waals surface area contributed by atoms with E-state index in [2.05, 4.69) is 17.2 Å². The van der Waals surface area contributed by atoms with Gasteiger partial charge in [-0.25, -0.2) is 4.98 Å². The van der Waals surface area contributed by atoms with E-state index in [0.717, 1.165) is 25.3 Å². The maximum atomic E-state index is 10.9. The highest BCUT2D eigenvalue weighted by molar-refractivity contribution is 5.92. The Bertz CT molecular complexity index is 391. The number of anilines is 1. The Labute approximate surface area is 100 Å². The molecule has 1 aromatic rings. The van der Waals surface area contributed by atoms with Gasteiger partial charge in [0.15, 0.2) is 0 Å². The van der Waals surface area contributed by atoms with Crippen LogP contribution < -0.4 is 11.1 Å². The van der Waals surface area contributed by atoms with Crippen LogP contribution in [0.3, 0.4) is 0 Å². The molecule has 2 atom stereocenters. The zero-order chi connectivity index (χ0) is 12.3. The average Bonchev–Trinajstić information content (AvgIpc) is 2.29. The molecule has 3 N–H and O–H groups in total. The number of nitrogens with two attached hydrogens (primary N) is 1. The predicted octanol–water partition coefficient (Wildman–Crippen LogP) is 1.16. The largest absolute Gasteiger partial charge is 0.378 e. The first-order valence-electron chi connectivity index (χ1n) is 5.79. The minimum Gasteiger partial charge on any atom is -0.378 e. The fourth-order valence-electron chi connectivity index (χ4n) is 1.96. The summed E-state index contributed by atoms with van der Waals surface area (Å²) in [5.41, 5.74) is 5.58. The van der Waals surface area contributed by atoms with Gasteiger partial charge in [0, 0.05) is 18.8 Å². The maximum Gasteiger partial charge on any atom is 0.250 e. The van der Waals surface area contributed by atoms with Crippen LogP contribution >= 0.6 is 0 Å². The number of aromatic nitrogens is 1. The summed E-state index contributed by atoms with van der Waals surface area (Å²) in [6, 6.07) is 3.84. The van der Waals surface area contributed by atoms with Gasteiger partial charge in [-0.1, -0.05) is 0 Å². The third-order valence-electron chi connectivity index (χ3n) is 2.89. The van der Waals surface area contributed by atoms with E-state index in [1.165, 1.54) is 6.20 Å². The Morgan fingerprint density at radius 3 is 3.00 bits per heavy atom. The molecule has 1 aliphatic rings. The molecule has 1 aliphatic heterocycles. The molecular formula is C12H17N3O2. The first kappa shape index (κ1) is 11.9. The maximum absolute atomic E-state index is 10.9. The van der Waals surface area contributed by atoms with Crippen molar-refractivity contribution in [2.24, 2.45) is 5.73 Å². The number of amides is 1. The topological polar surface area (TPSA) is 77.2 Å². The van der Waals surface area contributed by atoms with Gasteiger partial charge in [-0.2, -0.15) is 0 Å². The summed E-state index contributed by atoms with van der Waals surface area (Å²) in [7, 11) is 0. The summed E-state index contributed by atoms with van der Waals surface area (Å²) in [4.78, 5) is 15.1. The van der Waals surface area contributed by atoms with Crippen LogP contribution in [-0.2, 0) is 4.74 Å². The molecule has 17 heavy (non-hydrogen) atoms. The highest BCUT2D eigenvalue weighted by Crippen LogP contribution is 2.17. The quantitative estimate of drug-likeness (QED) is 0.824. The van der Waals surface area contributed by atoms with Gasteiger partial charge in [-0.15, -0.1) is 0 Å². The van der Waals surface area contributed by atoms with Gasteiger partial charge in [0.1, 0.15) is 5.82 Å². The number of ether oxygens (including phenoxy) is 1. The molecule has 92 valence electrons. The Balaban J connectivity index is 1.96. The molecule has 0 saturated carbocycles. The molecule has 0 aliphatic carbocycles. The van der Waals surface area contributed by atoms with Crippen LogP contribution in [0, 0.1) is 0 Å². The van der Waals surface area contributed by atoms with E-state index in [9.17, 15) is 4.79 Å². The molecule has 2 unspecified atom stereocenters. The van der Waals surface area contributed by atoms with E-state index in [0.29, 0.717) is 11.6 Å². The molecule has 0 radical (unpaired) electrons. The lowest BCUT2D eigenvalue weighted by Gasteiger charge is -2.28. The average molecular weight is 235 g/mol. The van der Waals surface area contributed by atoms with Crippen LogP contribution in [0.5, 0.6) is 0 Å². The monoisotopic (exact) mass is 235 g/mol. The Morgan fingerprint density at radius 2 is 2.41 bits per heavy atom. The third-order valence-corrected chi connectivity index (χ3v) is 2.89. The van der Waals surface area contributed by atoms with Crippen LogP contribution in [-0.4, -0.2) is 29.6 Å². The van der Waals surface area contributed by atoms with Gasteiger partial charge in [0.2, 0.25) is 5.91 Å². The van der Waals surface area contributed by atoms with Gasteiger partial charge in [0.25, 0.3) is 0 Å². The normalized spacial score (nSPS) is 24.3. The number of pyridine rings is 1. The van der Waals surface area contributed by atoms with Crippen molar-refractivity contribution in [3.63, 3.8) is 0 Å². The van der Waals surface area contributed by atoms with Crippen LogP contribution in [0.2, 0.25) is 0 Å². The van der Waals surface area contributed by atoms with E-state index >= 15 is 0 Å². The van der Waals surface area contributed by atoms with Crippen molar-refractivity contribution in [2.45, 2.75) is 31.9 Å². The smallest absolute Gasteiger partial charge is 0.250 e. The molecule has 0 aromatic carbocycles. The molecule has 0 spiro atoms. The van der Waals surface area contributed by atoms with Crippen molar-refractivity contribution in [3.8, 4) is 0 Å². The predicted molar refractivity (Wildman–Crippen MR) is 64.8 cm³/mol. The van der Waals surface area contributed by atoms with Gasteiger partial charge in [0.05, 0.1) is 11.7 Å². The summed E-state index contributed by atoms with van der Waals surface area (Å²) in [5.74, 6) is 0.317. The summed E-state index contributed by atoms with van der Waals surface area (Å²) in [6.07, 6.45) is 3.72. The number of nitrogens with one attached hydrogen (secondary N) is 1. The number of carbonyl (C=O) groups is 1. The summed E-state index contributed by atoms with van der Waals surface area (Å²) >= 11 is 0. The fourth-order valence-corrected chi connectivity index (χ4v) is 1.96. The number of hydrogen-bond donors (Lipinski definition) is 2. The fraction of sp³-hybridized carbons (Fsp3) is 0.500. The van der Waals surface area contributed by atoms with Crippen LogP contribution in [0.15, 0.2) is 18.3 Å². The molecule has 1 saturated heterocycles. The molecule has 1 aromatic heterocycles. The highest BCUT2D eigenvalue weighted by atomic mass is 16.5. The van der Waals surface area contributed by atoms with Crippen molar-refractivity contribution in [1.29, 1.82) is 0 Å². The summed E-state index contributed by atoms with van der Waals surface area (Å²) in [6.45, 7) is 2.84. The van der Waals surface area contributed by atoms with Gasteiger partial charge in [-0.3, -0.25) is 4.79 Å². The molecule has 0 bridgehead atoms. The molecule has 5 nitrogen and oxygen atoms in total. The summed E-state index contributed by atoms with van der Waals surface area (Å²) in [5, 5.41) is 3.33. The van der Waals surface area contributed by atoms with E-state index in [1.54, 1.807) is 12.1 Å². The van der Waals surface area contributed by atoms with E-state index in [4.69, 9.17) is 10.5 Å². The number of primary amides is 1. The van der Waals surface area contributed by atoms with Crippen LogP contribution in [0.1, 0.15) is 30.1 Å². The van der Waals surface area contributed by atoms with E-state index < -0.39 is 5.91 Å². The van der Waals surface area contributed by atoms with Crippen LogP contribution in [0.4, 0.5) is 5.82 Å². The molecule has 1 fully saturated rings. The number of carbonyl (C=O) groups excluding carboxylic acids is 1. The van der Waals surface area contributed by atoms with Gasteiger partial charge >= 0.3 is 0 Å². The zero-order valence-corrected chi connectivity index (χ0v) is 9.85. The Hall–Kier alpha value is -1.62. The number of rotatable bonds is 3. The lowest BCUT2D eigenvalue weighted by atomic mass is 10.0. The molecule has 2 rings (SSSR count). The van der Waals surface area contributed by atoms with Gasteiger partial charge in [-0.05, 0) is 31.9 Å². The van der Waals surface area contributed by atoms with Crippen LogP contribution in [0.25, 0.3) is 0 Å². The molecule has 5 heteroatoms. The van der Waals surface area contributed by atoms with Crippen molar-refractivity contribution in [3.05, 3.63) is 23.9 Å². The van der Waals surface area contributed by atoms with Gasteiger partial charge < -0.3 is 15.8 Å². The lowest BCUT2D eigenvalue weighted by molar-refractivity contribution is 0.0232. The molecule has 1 amide bonds. The minimum atomic E-state index is -0.455. The lowest BCUT2D eigenvalue weighted by Crippen LogP contribution is -2.32. The molecule has 2 heterocycles. The zero-order valence-electron chi connectivity index (χ0n) is 9.85. The molecular weight excluding hydrogens is 218 g/mol. The second-order valence-electron chi connectivity index (χ2n) is 4.34. The standard InChI is InChI=1S/C12H17N3O2/c1-8-6-10(4-5-17-8)15-11-3-2-9(7-14-11)12(13)16/h2-3,7-8,10H,4-6H2,1H3,(H2,13,16)(H,14,15). The second kappa shape index (κ2) is 5.14.